The molecule has 32 heteroatoms. The van der Waals surface area contributed by atoms with Gasteiger partial charge in [0.15, 0.2) is 35.8 Å². The Morgan fingerprint density at radius 1 is 0.329 bits per heavy atom. The van der Waals surface area contributed by atoms with Crippen molar-refractivity contribution in [3.05, 3.63) is 0 Å². The molecule has 0 aromatic heterocycles. The van der Waals surface area contributed by atoms with Crippen LogP contribution in [0.4, 0.5) is 0 Å². The molecule has 0 aliphatic rings. The van der Waals surface area contributed by atoms with Gasteiger partial charge in [0, 0.05) is 46.2 Å². The van der Waals surface area contributed by atoms with Crippen molar-refractivity contribution in [2.45, 2.75) is 120 Å². The van der Waals surface area contributed by atoms with Gasteiger partial charge < -0.3 is 101 Å². The van der Waals surface area contributed by atoms with Crippen molar-refractivity contribution >= 4 is 77.1 Å². The van der Waals surface area contributed by atoms with Gasteiger partial charge in [-0.1, -0.05) is 0 Å². The molecule has 32 N–H and O–H groups in total. The largest absolute Gasteiger partial charge is 0.370 e. The van der Waals surface area contributed by atoms with Crippen LogP contribution in [0.25, 0.3) is 0 Å². The molecule has 6 atom stereocenters. The van der Waals surface area contributed by atoms with Gasteiger partial charge in [-0.05, 0) is 77.0 Å². The number of guanidine groups is 6. The Morgan fingerprint density at radius 2 is 0.529 bits per heavy atom. The minimum absolute atomic E-state index is 0.00654. The average Bonchev–Trinajstić information content (AvgIpc) is 3.26. The van der Waals surface area contributed by atoms with Gasteiger partial charge in [0.25, 0.3) is 0 Å². The van der Waals surface area contributed by atoms with Crippen LogP contribution >= 0.6 is 0 Å². The van der Waals surface area contributed by atoms with Crippen LogP contribution < -0.4 is 106 Å². The first-order valence-electron chi connectivity index (χ1n) is 22.3. The highest BCUT2D eigenvalue weighted by atomic mass is 16.2. The second-order valence-corrected chi connectivity index (χ2v) is 15.7. The first-order chi connectivity index (χ1) is 32.9. The maximum atomic E-state index is 14.3. The van der Waals surface area contributed by atoms with Gasteiger partial charge in [0.05, 0.1) is 6.04 Å². The van der Waals surface area contributed by atoms with Crippen LogP contribution in [-0.4, -0.2) is 153 Å². The number of carbonyl (C=O) groups excluding carboxylic acids is 7. The Morgan fingerprint density at radius 3 is 0.743 bits per heavy atom. The lowest BCUT2D eigenvalue weighted by atomic mass is 10.0. The van der Waals surface area contributed by atoms with Gasteiger partial charge in [-0.2, -0.15) is 0 Å². The first kappa shape index (κ1) is 62.1. The van der Waals surface area contributed by atoms with E-state index in [0.29, 0.717) is 6.42 Å². The molecule has 0 aromatic carbocycles. The Balaban J connectivity index is 6.94. The molecule has 0 aliphatic heterocycles. The summed E-state index contributed by atoms with van der Waals surface area (Å²) >= 11 is 0. The van der Waals surface area contributed by atoms with Gasteiger partial charge in [-0.3, -0.25) is 68.8 Å². The van der Waals surface area contributed by atoms with E-state index in [9.17, 15) is 33.6 Å². The number of nitrogens with two attached hydrogens (primary N) is 13. The Kier molecular flexibility index (Phi) is 31.3. The van der Waals surface area contributed by atoms with E-state index < -0.39 is 77.6 Å². The van der Waals surface area contributed by atoms with Crippen LogP contribution in [0.2, 0.25) is 0 Å². The van der Waals surface area contributed by atoms with Crippen molar-refractivity contribution < 1.29 is 33.6 Å². The zero-order valence-electron chi connectivity index (χ0n) is 39.7. The fourth-order valence-electron chi connectivity index (χ4n) is 6.14. The second-order valence-electron chi connectivity index (χ2n) is 15.7. The first-order valence-corrected chi connectivity index (χ1v) is 22.3. The zero-order valence-corrected chi connectivity index (χ0v) is 39.7. The monoisotopic (exact) mass is 996 g/mol. The van der Waals surface area contributed by atoms with Gasteiger partial charge >= 0.3 is 0 Å². The van der Waals surface area contributed by atoms with Crippen molar-refractivity contribution in [2.75, 3.05) is 39.3 Å². The molecule has 396 valence electrons. The summed E-state index contributed by atoms with van der Waals surface area (Å²) in [6.45, 7) is 1.58. The number of aliphatic imine (C=N–C) groups is 6. The third-order valence-electron chi connectivity index (χ3n) is 9.49. The fraction of sp³-hybridized carbons (Fsp3) is 0.658. The summed E-state index contributed by atoms with van der Waals surface area (Å²) in [7, 11) is 0. The third kappa shape index (κ3) is 31.1. The zero-order chi connectivity index (χ0) is 53.2. The van der Waals surface area contributed by atoms with Crippen LogP contribution in [-0.2, 0) is 33.6 Å². The minimum atomic E-state index is -1.41. The Hall–Kier alpha value is -7.93. The lowest BCUT2D eigenvalue weighted by molar-refractivity contribution is -0.136. The van der Waals surface area contributed by atoms with E-state index >= 15 is 0 Å². The average molecular weight is 996 g/mol. The highest BCUT2D eigenvalue weighted by Crippen LogP contribution is 2.09. The third-order valence-corrected chi connectivity index (χ3v) is 9.49. The van der Waals surface area contributed by atoms with E-state index in [1.54, 1.807) is 0 Å². The Bertz CT molecular complexity index is 1870. The molecule has 0 bridgehead atoms. The molecular formula is C38H77N25O7. The molecule has 32 nitrogen and oxygen atoms in total. The topological polar surface area (TPSA) is 604 Å². The summed E-state index contributed by atoms with van der Waals surface area (Å²) in [5, 5.41) is 15.2. The number of imide groups is 1. The molecule has 0 fully saturated rings. The van der Waals surface area contributed by atoms with Crippen molar-refractivity contribution in [3.8, 4) is 0 Å². The van der Waals surface area contributed by atoms with Crippen LogP contribution in [0.3, 0.4) is 0 Å². The number of carbonyl (C=O) groups is 7. The van der Waals surface area contributed by atoms with Crippen LogP contribution in [0, 0.1) is 0 Å². The standard InChI is InChI=1S/C38H77N25O7/c1-20(64)58-28(66)22(9-3-15-53-34(42)43)60-30(68)24(11-5-17-55-36(46)47)62-32(70)26(13-7-19-57-38(50)51)63-31(69)25(12-6-18-56-37(48)49)61-29(67)23(10-4-16-54-35(44)45)59-27(65)21(39)8-2-14-52-33(40)41/h21-26H,2-19,39H2,1H3,(H,59,65)(H,60,68)(H,61,67)(H,62,70)(H,63,69)(H4,40,41,52)(H4,42,43,53)(H4,44,45,54)(H4,46,47,55)(H4,48,49,56)(H4,50,51,57)(H,58,64,66)/t21-,22-,23-,24-,25-,26-/m1/s1. The molecule has 0 spiro atoms. The summed E-state index contributed by atoms with van der Waals surface area (Å²) < 4.78 is 0. The van der Waals surface area contributed by atoms with Crippen molar-refractivity contribution in [1.82, 2.24) is 31.9 Å². The van der Waals surface area contributed by atoms with Crippen molar-refractivity contribution in [2.24, 2.45) is 104 Å². The SMILES string of the molecule is CC(=O)NC(=O)[C@@H](CCCN=C(N)N)NC(=O)[C@@H](CCCN=C(N)N)NC(=O)[C@@H](CCCN=C(N)N)NC(=O)[C@@H](CCCN=C(N)N)NC(=O)[C@@H](CCCN=C(N)N)NC(=O)[C@H](N)CCCN=C(N)N. The number of hydrogen-bond donors (Lipinski definition) is 19. The van der Waals surface area contributed by atoms with Crippen molar-refractivity contribution in [3.63, 3.8) is 0 Å². The Labute approximate surface area is 405 Å². The van der Waals surface area contributed by atoms with E-state index in [-0.39, 0.29) is 146 Å². The lowest BCUT2D eigenvalue weighted by Gasteiger charge is -2.27. The summed E-state index contributed by atoms with van der Waals surface area (Å²) in [5.41, 5.74) is 71.5. The molecule has 0 heterocycles. The number of hydrogen-bond acceptors (Lipinski definition) is 14. The molecule has 0 radical (unpaired) electrons. The fourth-order valence-corrected chi connectivity index (χ4v) is 6.14. The minimum Gasteiger partial charge on any atom is -0.370 e. The summed E-state index contributed by atoms with van der Waals surface area (Å²) in [6, 6.07) is -7.78. The molecule has 7 amide bonds. The van der Waals surface area contributed by atoms with Crippen LogP contribution in [0.5, 0.6) is 0 Å². The maximum absolute atomic E-state index is 14.3. The molecule has 0 saturated carbocycles. The van der Waals surface area contributed by atoms with Gasteiger partial charge in [0.2, 0.25) is 41.4 Å². The number of amides is 7. The molecular weight excluding hydrogens is 919 g/mol. The predicted molar refractivity (Wildman–Crippen MR) is 266 cm³/mol. The van der Waals surface area contributed by atoms with Gasteiger partial charge in [-0.15, -0.1) is 0 Å². The normalized spacial score (nSPS) is 13.1. The van der Waals surface area contributed by atoms with Gasteiger partial charge in [0.1, 0.15) is 30.2 Å². The molecule has 0 unspecified atom stereocenters. The predicted octanol–water partition coefficient (Wildman–Crippen LogP) is -9.28. The van der Waals surface area contributed by atoms with E-state index in [4.69, 9.17) is 74.5 Å². The summed E-state index contributed by atoms with van der Waals surface area (Å²) in [5.74, 6) is -6.83. The van der Waals surface area contributed by atoms with E-state index in [1.165, 1.54) is 0 Å². The summed E-state index contributed by atoms with van der Waals surface area (Å²) in [6.07, 6.45) is 1.00. The van der Waals surface area contributed by atoms with Crippen molar-refractivity contribution in [1.29, 1.82) is 0 Å². The number of nitrogens with one attached hydrogen (secondary N) is 6. The molecule has 0 rings (SSSR count). The smallest absolute Gasteiger partial charge is 0.249 e. The van der Waals surface area contributed by atoms with E-state index in [1.807, 2.05) is 0 Å². The summed E-state index contributed by atoms with van der Waals surface area (Å²) in [4.78, 5) is 118. The quantitative estimate of drug-likeness (QED) is 0.0159. The van der Waals surface area contributed by atoms with E-state index in [2.05, 4.69) is 61.9 Å². The maximum Gasteiger partial charge on any atom is 0.249 e. The van der Waals surface area contributed by atoms with E-state index in [0.717, 1.165) is 6.92 Å². The number of rotatable bonds is 35. The lowest BCUT2D eigenvalue weighted by Crippen LogP contribution is -2.59. The highest BCUT2D eigenvalue weighted by molar-refractivity contribution is 6.00. The highest BCUT2D eigenvalue weighted by Gasteiger charge is 2.33. The second kappa shape index (κ2) is 35.2. The molecule has 0 aliphatic carbocycles. The molecule has 0 saturated heterocycles. The molecule has 70 heavy (non-hydrogen) atoms. The molecule has 0 aromatic rings. The van der Waals surface area contributed by atoms with Gasteiger partial charge in [-0.25, -0.2) is 0 Å². The van der Waals surface area contributed by atoms with Crippen LogP contribution in [0.1, 0.15) is 84.0 Å². The number of nitrogens with zero attached hydrogens (tertiary/aromatic N) is 6. The van der Waals surface area contributed by atoms with Crippen LogP contribution in [0.15, 0.2) is 30.0 Å².